The smallest absolute Gasteiger partial charge is 0.290 e. The van der Waals surface area contributed by atoms with E-state index in [9.17, 15) is 19.2 Å². The van der Waals surface area contributed by atoms with Gasteiger partial charge in [-0.1, -0.05) is 98.8 Å². The third-order valence-electron chi connectivity index (χ3n) is 8.07. The molecule has 0 aliphatic carbocycles. The number of thioether (sulfide) groups is 2. The lowest BCUT2D eigenvalue weighted by molar-refractivity contribution is -0.116. The Bertz CT molecular complexity index is 1710. The maximum atomic E-state index is 11.6. The van der Waals surface area contributed by atoms with Gasteiger partial charge in [-0.3, -0.25) is 29.8 Å². The Morgan fingerprint density at radius 2 is 0.900 bits per heavy atom. The average molecular weight is 707 g/mol. The van der Waals surface area contributed by atoms with Gasteiger partial charge in [0.15, 0.2) is 0 Å². The van der Waals surface area contributed by atoms with Crippen LogP contribution in [0.25, 0.3) is 12.2 Å². The number of nitrogens with one attached hydrogen (secondary N) is 2. The summed E-state index contributed by atoms with van der Waals surface area (Å²) in [5.41, 5.74) is 4.27. The zero-order chi connectivity index (χ0) is 35.3. The third kappa shape index (κ3) is 10.5. The van der Waals surface area contributed by atoms with Crippen molar-refractivity contribution in [2.45, 2.75) is 38.5 Å². The van der Waals surface area contributed by atoms with Crippen molar-refractivity contribution in [3.05, 3.63) is 141 Å². The van der Waals surface area contributed by atoms with Crippen LogP contribution in [0.3, 0.4) is 0 Å². The largest absolute Gasteiger partial charge is 0.493 e. The second kappa shape index (κ2) is 18.1. The van der Waals surface area contributed by atoms with Gasteiger partial charge in [-0.25, -0.2) is 0 Å². The van der Waals surface area contributed by atoms with Gasteiger partial charge in [0.05, 0.1) is 23.0 Å². The molecule has 8 nitrogen and oxygen atoms in total. The summed E-state index contributed by atoms with van der Waals surface area (Å²) in [6, 6.07) is 35.7. The Hall–Kier alpha value is -5.06. The fourth-order valence-corrected chi connectivity index (χ4v) is 6.57. The second-order valence-corrected chi connectivity index (χ2v) is 13.5. The fourth-order valence-electron chi connectivity index (χ4n) is 5.21. The van der Waals surface area contributed by atoms with E-state index in [0.717, 1.165) is 59.0 Å². The average Bonchev–Trinajstić information content (AvgIpc) is 3.64. The van der Waals surface area contributed by atoms with Gasteiger partial charge in [0.2, 0.25) is 0 Å². The van der Waals surface area contributed by atoms with E-state index < -0.39 is 0 Å². The lowest BCUT2D eigenvalue weighted by Crippen LogP contribution is -2.17. The van der Waals surface area contributed by atoms with E-state index in [-0.39, 0.29) is 22.3 Å². The van der Waals surface area contributed by atoms with Crippen LogP contribution < -0.4 is 20.1 Å². The standard InChI is InChI=1S/2C20H19NO3S/c2*1-2-15(16-6-4-3-5-7-16)13-24-17-10-8-14(9-11-17)12-18-19(22)21-20(23)25-18/h2*3-12,15H,2,13H2,1H3,(H,21,22,23). The second-order valence-electron chi connectivity index (χ2n) is 11.5. The lowest BCUT2D eigenvalue weighted by Gasteiger charge is -2.16. The molecule has 6 rings (SSSR count). The molecule has 50 heavy (non-hydrogen) atoms. The van der Waals surface area contributed by atoms with E-state index in [1.807, 2.05) is 84.9 Å². The Labute approximate surface area is 300 Å². The van der Waals surface area contributed by atoms with Crippen LogP contribution >= 0.6 is 23.5 Å². The van der Waals surface area contributed by atoms with Crippen LogP contribution in [0.4, 0.5) is 9.59 Å². The number of rotatable bonds is 12. The van der Waals surface area contributed by atoms with Crippen molar-refractivity contribution in [2.75, 3.05) is 13.2 Å². The highest BCUT2D eigenvalue weighted by atomic mass is 32.2. The summed E-state index contributed by atoms with van der Waals surface area (Å²) in [6.45, 7) is 5.55. The zero-order valence-electron chi connectivity index (χ0n) is 27.8. The highest BCUT2D eigenvalue weighted by Crippen LogP contribution is 2.28. The quantitative estimate of drug-likeness (QED) is 0.140. The Morgan fingerprint density at radius 3 is 1.20 bits per heavy atom. The maximum absolute atomic E-state index is 11.6. The van der Waals surface area contributed by atoms with Crippen molar-refractivity contribution >= 4 is 58.0 Å². The normalized spacial score (nSPS) is 16.8. The predicted octanol–water partition coefficient (Wildman–Crippen LogP) is 9.17. The molecule has 2 saturated heterocycles. The SMILES string of the molecule is CCC(COc1ccc(C=C2SC(=O)NC2=O)cc1)c1ccccc1.CCC(COc1ccc(C=C2SC(=O)NC2=O)cc1)c1ccccc1. The third-order valence-corrected chi connectivity index (χ3v) is 9.69. The molecule has 0 aromatic heterocycles. The van der Waals surface area contributed by atoms with Crippen LogP contribution in [0, 0.1) is 0 Å². The van der Waals surface area contributed by atoms with Crippen molar-refractivity contribution in [1.29, 1.82) is 0 Å². The molecule has 2 aliphatic heterocycles. The number of benzene rings is 4. The number of hydrogen-bond acceptors (Lipinski definition) is 8. The zero-order valence-corrected chi connectivity index (χ0v) is 29.4. The molecule has 0 saturated carbocycles. The Morgan fingerprint density at radius 1 is 0.540 bits per heavy atom. The minimum absolute atomic E-state index is 0.331. The van der Waals surface area contributed by atoms with E-state index >= 15 is 0 Å². The van der Waals surface area contributed by atoms with Crippen molar-refractivity contribution in [3.8, 4) is 11.5 Å². The number of amides is 4. The summed E-state index contributed by atoms with van der Waals surface area (Å²) in [6.07, 6.45) is 5.42. The van der Waals surface area contributed by atoms with Crippen LogP contribution in [0.1, 0.15) is 60.8 Å². The molecule has 2 fully saturated rings. The van der Waals surface area contributed by atoms with Gasteiger partial charge in [0.25, 0.3) is 22.3 Å². The minimum Gasteiger partial charge on any atom is -0.493 e. The molecule has 2 heterocycles. The van der Waals surface area contributed by atoms with E-state index in [0.29, 0.717) is 34.9 Å². The minimum atomic E-state index is -0.344. The summed E-state index contributed by atoms with van der Waals surface area (Å²) in [5, 5.41) is 3.83. The molecule has 2 atom stereocenters. The first-order valence-electron chi connectivity index (χ1n) is 16.4. The number of imide groups is 2. The first kappa shape index (κ1) is 36.2. The van der Waals surface area contributed by atoms with Gasteiger partial charge in [-0.2, -0.15) is 0 Å². The molecule has 0 bridgehead atoms. The summed E-state index contributed by atoms with van der Waals surface area (Å²) < 4.78 is 11.8. The molecule has 10 heteroatoms. The molecule has 0 radical (unpaired) electrons. The highest BCUT2D eigenvalue weighted by molar-refractivity contribution is 8.18. The molecule has 4 amide bonds. The molecule has 2 aliphatic rings. The van der Waals surface area contributed by atoms with Gasteiger partial charge in [0, 0.05) is 11.8 Å². The predicted molar refractivity (Wildman–Crippen MR) is 201 cm³/mol. The van der Waals surface area contributed by atoms with E-state index in [2.05, 4.69) is 48.7 Å². The molecule has 2 N–H and O–H groups in total. The van der Waals surface area contributed by atoms with E-state index in [1.54, 1.807) is 12.2 Å². The highest BCUT2D eigenvalue weighted by Gasteiger charge is 2.25. The van der Waals surface area contributed by atoms with Gasteiger partial charge in [-0.05, 0) is 95.0 Å². The van der Waals surface area contributed by atoms with Crippen molar-refractivity contribution in [3.63, 3.8) is 0 Å². The number of carbonyl (C=O) groups excluding carboxylic acids is 4. The molecule has 4 aromatic rings. The van der Waals surface area contributed by atoms with Gasteiger partial charge in [0.1, 0.15) is 11.5 Å². The van der Waals surface area contributed by atoms with Crippen molar-refractivity contribution < 1.29 is 28.7 Å². The molecular formula is C40H38N2O6S2. The van der Waals surface area contributed by atoms with Crippen LogP contribution in [0.5, 0.6) is 11.5 Å². The Balaban J connectivity index is 0.000000194. The van der Waals surface area contributed by atoms with E-state index in [1.165, 1.54) is 11.1 Å². The van der Waals surface area contributed by atoms with Crippen LogP contribution in [0.2, 0.25) is 0 Å². The van der Waals surface area contributed by atoms with Crippen molar-refractivity contribution in [2.24, 2.45) is 0 Å². The van der Waals surface area contributed by atoms with Gasteiger partial charge in [-0.15, -0.1) is 0 Å². The number of carbonyl (C=O) groups is 4. The van der Waals surface area contributed by atoms with E-state index in [4.69, 9.17) is 9.47 Å². The molecule has 0 spiro atoms. The first-order chi connectivity index (χ1) is 24.3. The summed E-state index contributed by atoms with van der Waals surface area (Å²) >= 11 is 1.84. The molecular weight excluding hydrogens is 669 g/mol. The van der Waals surface area contributed by atoms with Crippen LogP contribution in [-0.2, 0) is 9.59 Å². The summed E-state index contributed by atoms with van der Waals surface area (Å²) in [4.78, 5) is 46.3. The summed E-state index contributed by atoms with van der Waals surface area (Å²) in [5.74, 6) is 1.60. The summed E-state index contributed by atoms with van der Waals surface area (Å²) in [7, 11) is 0. The first-order valence-corrected chi connectivity index (χ1v) is 18.0. The topological polar surface area (TPSA) is 111 Å². The van der Waals surface area contributed by atoms with Crippen molar-refractivity contribution in [1.82, 2.24) is 10.6 Å². The number of hydrogen-bond donors (Lipinski definition) is 2. The Kier molecular flexibility index (Phi) is 13.1. The molecule has 256 valence electrons. The monoisotopic (exact) mass is 706 g/mol. The number of ether oxygens (including phenoxy) is 2. The van der Waals surface area contributed by atoms with Gasteiger partial charge >= 0.3 is 0 Å². The van der Waals surface area contributed by atoms with Gasteiger partial charge < -0.3 is 9.47 Å². The maximum Gasteiger partial charge on any atom is 0.290 e. The van der Waals surface area contributed by atoms with Crippen LogP contribution in [-0.4, -0.2) is 35.5 Å². The molecule has 4 aromatic carbocycles. The lowest BCUT2D eigenvalue weighted by atomic mass is 9.97. The fraction of sp³-hybridized carbons (Fsp3) is 0.200. The van der Waals surface area contributed by atoms with Crippen LogP contribution in [0.15, 0.2) is 119 Å². The molecule has 2 unspecified atom stereocenters.